The lowest BCUT2D eigenvalue weighted by Gasteiger charge is -2.47. The summed E-state index contributed by atoms with van der Waals surface area (Å²) in [5, 5.41) is 50.7. The summed E-state index contributed by atoms with van der Waals surface area (Å²) in [7, 11) is -5.17. The summed E-state index contributed by atoms with van der Waals surface area (Å²) in [6.07, 6.45) is -10.8. The summed E-state index contributed by atoms with van der Waals surface area (Å²) in [6.45, 7) is -0.499. The molecule has 0 radical (unpaired) electrons. The molecule has 2 aliphatic heterocycles. The van der Waals surface area contributed by atoms with Crippen LogP contribution in [0.4, 0.5) is 0 Å². The molecule has 3 rings (SSSR count). The number of nitrogens with two attached hydrogens (primary N) is 5. The van der Waals surface area contributed by atoms with Gasteiger partial charge in [0.1, 0.15) is 36.6 Å². The molecule has 3 fully saturated rings. The molecule has 0 amide bonds. The van der Waals surface area contributed by atoms with E-state index in [9.17, 15) is 25.5 Å². The highest BCUT2D eigenvalue weighted by atomic mass is 32.3. The molecule has 18 nitrogen and oxygen atoms in total. The minimum atomic E-state index is -5.17. The van der Waals surface area contributed by atoms with Gasteiger partial charge in [-0.25, -0.2) is 0 Å². The molecular weight excluding hydrogens is 526 g/mol. The Kier molecular flexibility index (Phi) is 11.9. The van der Waals surface area contributed by atoms with Crippen molar-refractivity contribution in [3.63, 3.8) is 0 Å². The smallest absolute Gasteiger partial charge is 0.186 e. The van der Waals surface area contributed by atoms with Gasteiger partial charge in [-0.05, 0) is 12.8 Å². The Bertz CT molecular complexity index is 805. The first-order chi connectivity index (χ1) is 17.1. The second kappa shape index (κ2) is 13.6. The number of ether oxygens (including phenoxy) is 4. The molecule has 0 aromatic heterocycles. The molecule has 220 valence electrons. The normalized spacial score (nSPS) is 47.1. The predicted molar refractivity (Wildman–Crippen MR) is 119 cm³/mol. The zero-order valence-electron chi connectivity index (χ0n) is 19.7. The van der Waals surface area contributed by atoms with Crippen molar-refractivity contribution in [3.05, 3.63) is 0 Å². The highest BCUT2D eigenvalue weighted by Crippen LogP contribution is 2.30. The number of rotatable bonds is 6. The largest absolute Gasteiger partial charge is 0.759 e. The van der Waals surface area contributed by atoms with E-state index < -0.39 is 103 Å². The molecular formula is C18H37N5O13S-2. The minimum absolute atomic E-state index is 0.0542. The standard InChI is InChI=1S/C18H37N5O9.H2O4S/c19-3-9-8(25)2-7(22)17(29-9)31-15-5(20)1-6(21)16(14(15)28)32-18-13(27)11(23)12(26)10(4-24)30-18;1-5(2,3)4/h5-18,24-28H,1-4,19-23H2;(H2,1,2,3,4)/p-2/t5-,6+,7+,8-,9+,10+,11-,12+,13+,14-,15+,16-,17+,18+;/m0./s1. The molecule has 3 aliphatic rings. The van der Waals surface area contributed by atoms with Gasteiger partial charge in [0.05, 0.1) is 30.9 Å². The Morgan fingerprint density at radius 3 is 1.76 bits per heavy atom. The van der Waals surface area contributed by atoms with Gasteiger partial charge in [0.15, 0.2) is 12.6 Å². The van der Waals surface area contributed by atoms with Gasteiger partial charge >= 0.3 is 0 Å². The van der Waals surface area contributed by atoms with Crippen molar-refractivity contribution in [2.24, 2.45) is 28.7 Å². The second-order valence-electron chi connectivity index (χ2n) is 9.19. The first-order valence-electron chi connectivity index (χ1n) is 11.4. The van der Waals surface area contributed by atoms with E-state index in [-0.39, 0.29) is 19.4 Å². The van der Waals surface area contributed by atoms with E-state index in [0.29, 0.717) is 0 Å². The van der Waals surface area contributed by atoms with Gasteiger partial charge in [-0.3, -0.25) is 8.42 Å². The van der Waals surface area contributed by atoms with Gasteiger partial charge in [0.25, 0.3) is 0 Å². The van der Waals surface area contributed by atoms with Crippen molar-refractivity contribution in [2.45, 2.75) is 98.4 Å². The molecule has 0 unspecified atom stereocenters. The van der Waals surface area contributed by atoms with E-state index in [2.05, 4.69) is 0 Å². The monoisotopic (exact) mass is 563 g/mol. The third-order valence-corrected chi connectivity index (χ3v) is 6.41. The third-order valence-electron chi connectivity index (χ3n) is 6.41. The summed E-state index contributed by atoms with van der Waals surface area (Å²) in [5.74, 6) is 0. The fourth-order valence-electron chi connectivity index (χ4n) is 4.43. The number of hydrogen-bond acceptors (Lipinski definition) is 18. The summed E-state index contributed by atoms with van der Waals surface area (Å²) in [5.41, 5.74) is 29.8. The van der Waals surface area contributed by atoms with E-state index >= 15 is 0 Å². The molecule has 0 aromatic rings. The Morgan fingerprint density at radius 2 is 1.27 bits per heavy atom. The van der Waals surface area contributed by atoms with Crippen LogP contribution < -0.4 is 28.7 Å². The molecule has 15 N–H and O–H groups in total. The van der Waals surface area contributed by atoms with Crippen molar-refractivity contribution in [2.75, 3.05) is 13.2 Å². The molecule has 0 bridgehead atoms. The van der Waals surface area contributed by atoms with E-state index in [1.54, 1.807) is 0 Å². The minimum Gasteiger partial charge on any atom is -0.759 e. The molecule has 0 spiro atoms. The van der Waals surface area contributed by atoms with Gasteiger partial charge < -0.3 is 82.3 Å². The summed E-state index contributed by atoms with van der Waals surface area (Å²) < 4.78 is 56.8. The van der Waals surface area contributed by atoms with Crippen LogP contribution in [0.15, 0.2) is 0 Å². The molecule has 1 saturated carbocycles. The highest BCUT2D eigenvalue weighted by molar-refractivity contribution is 7.79. The molecule has 37 heavy (non-hydrogen) atoms. The van der Waals surface area contributed by atoms with Crippen LogP contribution in [0.1, 0.15) is 12.8 Å². The number of aliphatic hydroxyl groups excluding tert-OH is 5. The lowest BCUT2D eigenvalue weighted by atomic mass is 9.84. The lowest BCUT2D eigenvalue weighted by molar-refractivity contribution is -0.314. The molecule has 19 heteroatoms. The zero-order valence-corrected chi connectivity index (χ0v) is 20.5. The second-order valence-corrected chi connectivity index (χ2v) is 10.0. The molecule has 2 heterocycles. The van der Waals surface area contributed by atoms with Gasteiger partial charge in [0, 0.05) is 29.0 Å². The van der Waals surface area contributed by atoms with Crippen LogP contribution >= 0.6 is 0 Å². The van der Waals surface area contributed by atoms with E-state index in [4.69, 9.17) is 65.1 Å². The first kappa shape index (κ1) is 32.5. The van der Waals surface area contributed by atoms with E-state index in [1.165, 1.54) is 0 Å². The topological polar surface area (TPSA) is 348 Å². The van der Waals surface area contributed by atoms with Crippen LogP contribution in [0.25, 0.3) is 0 Å². The van der Waals surface area contributed by atoms with Crippen molar-refractivity contribution < 1.29 is 62.0 Å². The average Bonchev–Trinajstić information content (AvgIpc) is 2.79. The lowest BCUT2D eigenvalue weighted by Crippen LogP contribution is -2.68. The molecule has 14 atom stereocenters. The van der Waals surface area contributed by atoms with E-state index in [1.807, 2.05) is 0 Å². The summed E-state index contributed by atoms with van der Waals surface area (Å²) in [6, 6.07) is -3.27. The average molecular weight is 564 g/mol. The Labute approximate surface area is 213 Å². The SMILES string of the molecule is NC[C@H]1O[C@H](O[C@H]2[C@H](O)[C@@H](O[C@H]3O[C@H](CO)[C@@H](O)[C@H](N)[C@H]3O)[C@H](N)C[C@@H]2N)[C@H](N)C[C@@H]1O.O=S(=O)([O-])[O-]. The maximum absolute atomic E-state index is 11.0. The predicted octanol–water partition coefficient (Wildman–Crippen LogP) is -7.63. The quantitative estimate of drug-likeness (QED) is 0.106. The van der Waals surface area contributed by atoms with Gasteiger partial charge in [-0.1, -0.05) is 0 Å². The van der Waals surface area contributed by atoms with Crippen molar-refractivity contribution in [1.29, 1.82) is 0 Å². The van der Waals surface area contributed by atoms with Gasteiger partial charge in [-0.15, -0.1) is 0 Å². The maximum Gasteiger partial charge on any atom is 0.186 e. The van der Waals surface area contributed by atoms with Crippen LogP contribution in [0, 0.1) is 0 Å². The highest BCUT2D eigenvalue weighted by Gasteiger charge is 2.50. The van der Waals surface area contributed by atoms with Gasteiger partial charge in [0.2, 0.25) is 0 Å². The van der Waals surface area contributed by atoms with Crippen molar-refractivity contribution in [1.82, 2.24) is 0 Å². The van der Waals surface area contributed by atoms with Gasteiger partial charge in [-0.2, -0.15) is 0 Å². The van der Waals surface area contributed by atoms with E-state index in [0.717, 1.165) is 0 Å². The van der Waals surface area contributed by atoms with Crippen molar-refractivity contribution in [3.8, 4) is 0 Å². The first-order valence-corrected chi connectivity index (χ1v) is 12.8. The molecule has 0 aromatic carbocycles. The van der Waals surface area contributed by atoms with Crippen LogP contribution in [0.3, 0.4) is 0 Å². The number of aliphatic hydroxyl groups is 5. The fourth-order valence-corrected chi connectivity index (χ4v) is 4.43. The van der Waals surface area contributed by atoms with Crippen LogP contribution in [-0.2, 0) is 29.3 Å². The Morgan fingerprint density at radius 1 is 0.784 bits per heavy atom. The Balaban J connectivity index is 0.000000877. The fraction of sp³-hybridized carbons (Fsp3) is 1.00. The summed E-state index contributed by atoms with van der Waals surface area (Å²) in [4.78, 5) is 0. The molecule has 2 saturated heterocycles. The third kappa shape index (κ3) is 8.65. The molecule has 1 aliphatic carbocycles. The van der Waals surface area contributed by atoms with Crippen LogP contribution in [0.5, 0.6) is 0 Å². The summed E-state index contributed by atoms with van der Waals surface area (Å²) >= 11 is 0. The number of hydrogen-bond donors (Lipinski definition) is 10. The van der Waals surface area contributed by atoms with Crippen LogP contribution in [0.2, 0.25) is 0 Å². The Hall–Kier alpha value is -0.690. The maximum atomic E-state index is 11.0. The van der Waals surface area contributed by atoms with Crippen molar-refractivity contribution >= 4 is 10.4 Å². The zero-order chi connectivity index (χ0) is 28.2. The van der Waals surface area contributed by atoms with Crippen LogP contribution in [-0.4, -0.2) is 142 Å².